The van der Waals surface area contributed by atoms with E-state index in [1.807, 2.05) is 70.2 Å². The first kappa shape index (κ1) is 37.4. The second-order valence-corrected chi connectivity index (χ2v) is 12.2. The van der Waals surface area contributed by atoms with Crippen LogP contribution in [-0.2, 0) is 13.5 Å². The largest absolute Gasteiger partial charge is 0.343 e. The number of nitrogens with one attached hydrogen (secondary N) is 2. The summed E-state index contributed by atoms with van der Waals surface area (Å²) < 4.78 is 2.23. The van der Waals surface area contributed by atoms with Gasteiger partial charge in [0.2, 0.25) is 0 Å². The van der Waals surface area contributed by atoms with Crippen LogP contribution in [0.2, 0.25) is 0 Å². The summed E-state index contributed by atoms with van der Waals surface area (Å²) >= 11 is 0. The summed E-state index contributed by atoms with van der Waals surface area (Å²) in [5, 5.41) is 4.59. The molecule has 0 unspecified atom stereocenters. The Hall–Kier alpha value is -4.07. The quantitative estimate of drug-likeness (QED) is 0.0679. The maximum atomic E-state index is 13.8. The number of amides is 1. The third kappa shape index (κ3) is 8.45. The van der Waals surface area contributed by atoms with Crippen LogP contribution in [0, 0.1) is 0 Å². The highest BCUT2D eigenvalue weighted by molar-refractivity contribution is 6.04. The molecular formula is C40H55N5O2. The molecule has 1 heterocycles. The molecule has 0 saturated heterocycles. The van der Waals surface area contributed by atoms with E-state index in [0.29, 0.717) is 17.0 Å². The molecule has 252 valence electrons. The molecule has 4 N–H and O–H groups in total. The Morgan fingerprint density at radius 1 is 1.11 bits per heavy atom. The Kier molecular flexibility index (Phi) is 14.1. The lowest BCUT2D eigenvalue weighted by Crippen LogP contribution is -2.58. The molecule has 0 atom stereocenters. The summed E-state index contributed by atoms with van der Waals surface area (Å²) in [5.41, 5.74) is 10.5. The maximum Gasteiger partial charge on any atom is 0.252 e. The number of aliphatic imine (C=N–C) groups is 1. The maximum absolute atomic E-state index is 13.8. The van der Waals surface area contributed by atoms with Gasteiger partial charge in [0, 0.05) is 34.8 Å². The number of hydrogen-bond donors (Lipinski definition) is 3. The summed E-state index contributed by atoms with van der Waals surface area (Å²) in [6.07, 6.45) is 17.5. The van der Waals surface area contributed by atoms with Crippen molar-refractivity contribution in [3.05, 3.63) is 95.2 Å². The van der Waals surface area contributed by atoms with Crippen LogP contribution in [-0.4, -0.2) is 35.1 Å². The van der Waals surface area contributed by atoms with Crippen molar-refractivity contribution in [2.24, 2.45) is 17.9 Å². The minimum atomic E-state index is -0.458. The molecule has 2 fully saturated rings. The molecule has 5 rings (SSSR count). The number of benzene rings is 2. The zero-order valence-electron chi connectivity index (χ0n) is 29.6. The number of carbonyl (C=O) groups excluding carboxylic acids is 2. The Balaban J connectivity index is 0.00000114. The summed E-state index contributed by atoms with van der Waals surface area (Å²) in [4.78, 5) is 30.0. The van der Waals surface area contributed by atoms with Gasteiger partial charge in [0.05, 0.1) is 16.9 Å². The number of rotatable bonds is 10. The molecule has 47 heavy (non-hydrogen) atoms. The van der Waals surface area contributed by atoms with E-state index in [1.165, 1.54) is 42.3 Å². The van der Waals surface area contributed by atoms with Gasteiger partial charge in [-0.25, -0.2) is 0 Å². The van der Waals surface area contributed by atoms with Crippen LogP contribution in [0.5, 0.6) is 0 Å². The van der Waals surface area contributed by atoms with Gasteiger partial charge in [-0.05, 0) is 112 Å². The van der Waals surface area contributed by atoms with Gasteiger partial charge in [0.1, 0.15) is 6.29 Å². The van der Waals surface area contributed by atoms with Crippen molar-refractivity contribution < 1.29 is 9.59 Å². The number of hydrogen-bond acceptors (Lipinski definition) is 5. The fourth-order valence-corrected chi connectivity index (χ4v) is 6.74. The van der Waals surface area contributed by atoms with E-state index in [1.54, 1.807) is 13.1 Å². The van der Waals surface area contributed by atoms with E-state index < -0.39 is 5.54 Å². The first-order chi connectivity index (χ1) is 22.7. The molecule has 1 aromatic heterocycles. The van der Waals surface area contributed by atoms with Crippen molar-refractivity contribution >= 4 is 40.1 Å². The molecule has 1 amide bonds. The Morgan fingerprint density at radius 2 is 1.79 bits per heavy atom. The van der Waals surface area contributed by atoms with E-state index in [9.17, 15) is 9.59 Å². The number of hydrazine groups is 1. The van der Waals surface area contributed by atoms with E-state index in [-0.39, 0.29) is 5.91 Å². The number of nitrogens with zero attached hydrogens (tertiary/aromatic N) is 2. The van der Waals surface area contributed by atoms with Crippen molar-refractivity contribution in [3.63, 3.8) is 0 Å². The van der Waals surface area contributed by atoms with E-state index in [2.05, 4.69) is 53.8 Å². The van der Waals surface area contributed by atoms with Gasteiger partial charge in [0.15, 0.2) is 0 Å². The Labute approximate surface area is 282 Å². The lowest BCUT2D eigenvalue weighted by Gasteiger charge is -2.42. The average Bonchev–Trinajstić information content (AvgIpc) is 3.70. The van der Waals surface area contributed by atoms with Crippen LogP contribution in [0.15, 0.2) is 72.3 Å². The number of aromatic nitrogens is 1. The molecule has 0 radical (unpaired) electrons. The van der Waals surface area contributed by atoms with Crippen molar-refractivity contribution in [1.29, 1.82) is 0 Å². The van der Waals surface area contributed by atoms with Gasteiger partial charge in [-0.3, -0.25) is 25.8 Å². The topological polar surface area (TPSA) is 102 Å². The van der Waals surface area contributed by atoms with Crippen LogP contribution >= 0.6 is 0 Å². The zero-order chi connectivity index (χ0) is 34.6. The first-order valence-electron chi connectivity index (χ1n) is 17.2. The summed E-state index contributed by atoms with van der Waals surface area (Å²) in [6, 6.07) is 11.8. The van der Waals surface area contributed by atoms with E-state index >= 15 is 0 Å². The molecule has 7 heteroatoms. The molecule has 3 aromatic rings. The molecule has 2 aliphatic rings. The average molecular weight is 638 g/mol. The fraction of sp³-hybridized carbons (Fsp3) is 0.425. The second-order valence-electron chi connectivity index (χ2n) is 12.2. The molecular weight excluding hydrogens is 582 g/mol. The molecule has 0 bridgehead atoms. The second kappa shape index (κ2) is 17.7. The Morgan fingerprint density at radius 3 is 2.36 bits per heavy atom. The van der Waals surface area contributed by atoms with Gasteiger partial charge < -0.3 is 9.88 Å². The van der Waals surface area contributed by atoms with Crippen LogP contribution in [0.3, 0.4) is 0 Å². The smallest absolute Gasteiger partial charge is 0.252 e. The van der Waals surface area contributed by atoms with Crippen LogP contribution < -0.4 is 16.6 Å². The summed E-state index contributed by atoms with van der Waals surface area (Å²) in [6.45, 7) is 14.5. The monoisotopic (exact) mass is 637 g/mol. The van der Waals surface area contributed by atoms with Crippen LogP contribution in [0.1, 0.15) is 123 Å². The van der Waals surface area contributed by atoms with Gasteiger partial charge in [-0.1, -0.05) is 70.6 Å². The predicted molar refractivity (Wildman–Crippen MR) is 200 cm³/mol. The minimum absolute atomic E-state index is 0.0739. The molecule has 0 aliphatic heterocycles. The summed E-state index contributed by atoms with van der Waals surface area (Å²) in [7, 11) is 3.75. The highest BCUT2D eigenvalue weighted by Crippen LogP contribution is 2.43. The third-order valence-corrected chi connectivity index (χ3v) is 9.33. The van der Waals surface area contributed by atoms with Gasteiger partial charge in [-0.15, -0.1) is 0 Å². The number of aldehydes is 1. The minimum Gasteiger partial charge on any atom is -0.343 e. The number of aryl methyl sites for hydroxylation is 2. The highest BCUT2D eigenvalue weighted by Gasteiger charge is 2.41. The zero-order valence-corrected chi connectivity index (χ0v) is 29.6. The number of nitrogens with two attached hydrogens (primary N) is 1. The normalized spacial score (nSPS) is 16.0. The molecule has 7 nitrogen and oxygen atoms in total. The van der Waals surface area contributed by atoms with Gasteiger partial charge in [-0.2, -0.15) is 0 Å². The number of allylic oxidation sites excluding steroid dienone is 5. The molecule has 2 saturated carbocycles. The Bertz CT molecular complexity index is 1630. The predicted octanol–water partition coefficient (Wildman–Crippen LogP) is 8.91. The lowest BCUT2D eigenvalue weighted by molar-refractivity contribution is 0.0888. The van der Waals surface area contributed by atoms with Gasteiger partial charge in [0.25, 0.3) is 5.91 Å². The van der Waals surface area contributed by atoms with E-state index in [4.69, 9.17) is 4.99 Å². The van der Waals surface area contributed by atoms with Crippen molar-refractivity contribution in [2.75, 3.05) is 7.05 Å². The van der Waals surface area contributed by atoms with Crippen LogP contribution in [0.25, 0.3) is 16.5 Å². The first-order valence-corrected chi connectivity index (χ1v) is 17.2. The molecule has 2 aromatic carbocycles. The van der Waals surface area contributed by atoms with E-state index in [0.717, 1.165) is 60.0 Å². The highest BCUT2D eigenvalue weighted by atomic mass is 16.1. The molecule has 0 spiro atoms. The SMILES string of the molecule is C=C(/C=C\C=C/C)c1c(C2CCCC2)c2ccc(C(=O)NC3(C(C)=Nc4ccc(C=O)cc4CC)CCC3)cc2n1C.CC.CNN. The third-order valence-electron chi connectivity index (χ3n) is 9.33. The van der Waals surface area contributed by atoms with Crippen molar-refractivity contribution in [3.8, 4) is 0 Å². The van der Waals surface area contributed by atoms with Crippen molar-refractivity contribution in [1.82, 2.24) is 15.3 Å². The lowest BCUT2D eigenvalue weighted by atomic mass is 9.73. The summed E-state index contributed by atoms with van der Waals surface area (Å²) in [5.74, 6) is 5.04. The molecule has 2 aliphatic carbocycles. The van der Waals surface area contributed by atoms with Crippen molar-refractivity contribution in [2.45, 2.75) is 97.4 Å². The number of carbonyl (C=O) groups is 2. The standard InChI is InChI=1S/C37H43N3O2.C2H6.CH6N2/c1-6-8-9-13-25(3)35-34(29-14-10-11-15-29)31-18-17-30(23-33(31)40(35)5)36(42)39-37(20-12-21-37)26(4)38-32-19-16-27(24-41)22-28(32)7-2;1-2;1-3-2/h6,8-9,13,16-19,22-24,29H,3,7,10-12,14-15,20-21H2,1-2,4-5H3,(H,39,42);1-2H3;3H,2H2,1H3/b8-6-,13-9-,38-26?;;. The fourth-order valence-electron chi connectivity index (χ4n) is 6.74. The van der Waals surface area contributed by atoms with Crippen LogP contribution in [0.4, 0.5) is 5.69 Å². The van der Waals surface area contributed by atoms with Gasteiger partial charge >= 0.3 is 0 Å². The number of fused-ring (bicyclic) bond motifs is 1.